The van der Waals surface area contributed by atoms with E-state index >= 15 is 0 Å². The number of aromatic amines is 1. The summed E-state index contributed by atoms with van der Waals surface area (Å²) in [4.78, 5) is 15.3. The minimum atomic E-state index is -0.272. The van der Waals surface area contributed by atoms with E-state index in [0.717, 1.165) is 17.5 Å². The zero-order valence-electron chi connectivity index (χ0n) is 19.1. The molecule has 0 saturated heterocycles. The minimum Gasteiger partial charge on any atom is -0.507 e. The van der Waals surface area contributed by atoms with Gasteiger partial charge in [0, 0.05) is 24.3 Å². The number of H-pyrrole nitrogens is 1. The molecule has 6 heteroatoms. The second-order valence-corrected chi connectivity index (χ2v) is 8.87. The van der Waals surface area contributed by atoms with Crippen LogP contribution in [0, 0.1) is 0 Å². The van der Waals surface area contributed by atoms with Gasteiger partial charge in [-0.1, -0.05) is 50.2 Å². The number of aromatic hydroxyl groups is 1. The average molecular weight is 434 g/mol. The Bertz CT molecular complexity index is 1090. The van der Waals surface area contributed by atoms with Crippen molar-refractivity contribution in [2.45, 2.75) is 52.2 Å². The third kappa shape index (κ3) is 4.15. The number of carbonyl (C=O) groups excluding carboxylic acids is 1. The average Bonchev–Trinajstić information content (AvgIpc) is 3.30. The Hall–Kier alpha value is -3.12. The molecule has 1 amide bonds. The number of carbonyl (C=O) groups is 1. The summed E-state index contributed by atoms with van der Waals surface area (Å²) in [5.41, 5.74) is 4.83. The van der Waals surface area contributed by atoms with Crippen molar-refractivity contribution in [2.24, 2.45) is 0 Å². The van der Waals surface area contributed by atoms with Gasteiger partial charge in [0.2, 0.25) is 0 Å². The predicted molar refractivity (Wildman–Crippen MR) is 125 cm³/mol. The molecule has 0 spiro atoms. The van der Waals surface area contributed by atoms with Crippen LogP contribution < -0.4 is 0 Å². The second-order valence-electron chi connectivity index (χ2n) is 8.87. The molecule has 1 unspecified atom stereocenters. The van der Waals surface area contributed by atoms with E-state index < -0.39 is 0 Å². The molecule has 2 aromatic carbocycles. The molecule has 2 N–H and O–H groups in total. The van der Waals surface area contributed by atoms with Crippen molar-refractivity contribution < 1.29 is 14.6 Å². The summed E-state index contributed by atoms with van der Waals surface area (Å²) in [5.74, 6) is 0.503. The van der Waals surface area contributed by atoms with E-state index in [4.69, 9.17) is 4.74 Å². The zero-order chi connectivity index (χ0) is 22.8. The molecule has 0 saturated carbocycles. The van der Waals surface area contributed by atoms with E-state index in [9.17, 15) is 9.90 Å². The van der Waals surface area contributed by atoms with Crippen LogP contribution in [0.15, 0.2) is 48.5 Å². The first-order valence-corrected chi connectivity index (χ1v) is 11.3. The molecule has 32 heavy (non-hydrogen) atoms. The molecular weight excluding hydrogens is 402 g/mol. The smallest absolute Gasteiger partial charge is 0.273 e. The number of hydrogen-bond donors (Lipinski definition) is 2. The topological polar surface area (TPSA) is 78.5 Å². The summed E-state index contributed by atoms with van der Waals surface area (Å²) < 4.78 is 5.70. The van der Waals surface area contributed by atoms with Crippen LogP contribution in [0.2, 0.25) is 0 Å². The Kier molecular flexibility index (Phi) is 6.33. The predicted octanol–water partition coefficient (Wildman–Crippen LogP) is 5.27. The Morgan fingerprint density at radius 3 is 2.47 bits per heavy atom. The minimum absolute atomic E-state index is 0.0725. The summed E-state index contributed by atoms with van der Waals surface area (Å²) >= 11 is 0. The van der Waals surface area contributed by atoms with Gasteiger partial charge in [0.1, 0.15) is 17.1 Å². The number of nitrogens with one attached hydrogen (secondary N) is 1. The van der Waals surface area contributed by atoms with Gasteiger partial charge in [-0.25, -0.2) is 0 Å². The van der Waals surface area contributed by atoms with Crippen LogP contribution in [0.4, 0.5) is 0 Å². The molecule has 2 heterocycles. The van der Waals surface area contributed by atoms with Gasteiger partial charge in [-0.3, -0.25) is 9.89 Å². The van der Waals surface area contributed by atoms with Crippen LogP contribution in [0.25, 0.3) is 11.3 Å². The van der Waals surface area contributed by atoms with E-state index in [1.54, 1.807) is 12.1 Å². The van der Waals surface area contributed by atoms with Gasteiger partial charge in [-0.15, -0.1) is 0 Å². The standard InChI is InChI=1S/C26H31N3O3/c1-16(2)18-10-12-19(13-11-18)25-22-23(20-8-5-6-9-21(20)30)27-28-24(22)26(31)29(25)14-7-15-32-17(3)4/h5-6,8-13,16-17,25,30H,7,14-15H2,1-4H3,(H,27,28). The number of benzene rings is 2. The molecule has 0 fully saturated rings. The molecule has 1 aliphatic rings. The molecular formula is C26H31N3O3. The van der Waals surface area contributed by atoms with Crippen LogP contribution in [0.5, 0.6) is 5.75 Å². The summed E-state index contributed by atoms with van der Waals surface area (Å²) in [6.07, 6.45) is 0.905. The highest BCUT2D eigenvalue weighted by Crippen LogP contribution is 2.44. The monoisotopic (exact) mass is 433 g/mol. The maximum atomic E-state index is 13.4. The Labute approximate surface area is 189 Å². The number of ether oxygens (including phenoxy) is 1. The molecule has 4 rings (SSSR count). The number of para-hydroxylation sites is 1. The van der Waals surface area contributed by atoms with E-state index in [-0.39, 0.29) is 23.8 Å². The van der Waals surface area contributed by atoms with Crippen molar-refractivity contribution in [1.82, 2.24) is 15.1 Å². The number of aromatic nitrogens is 2. The lowest BCUT2D eigenvalue weighted by Gasteiger charge is -2.27. The number of amides is 1. The van der Waals surface area contributed by atoms with Gasteiger partial charge in [0.25, 0.3) is 5.91 Å². The van der Waals surface area contributed by atoms with Crippen LogP contribution in [-0.2, 0) is 4.74 Å². The molecule has 3 aromatic rings. The summed E-state index contributed by atoms with van der Waals surface area (Å²) in [7, 11) is 0. The molecule has 1 atom stereocenters. The first kappa shape index (κ1) is 22.1. The Balaban J connectivity index is 1.74. The number of nitrogens with zero attached hydrogens (tertiary/aromatic N) is 2. The highest BCUT2D eigenvalue weighted by atomic mass is 16.5. The zero-order valence-corrected chi connectivity index (χ0v) is 19.1. The van der Waals surface area contributed by atoms with Gasteiger partial charge in [0.15, 0.2) is 0 Å². The van der Waals surface area contributed by atoms with Gasteiger partial charge in [-0.2, -0.15) is 5.10 Å². The number of fused-ring (bicyclic) bond motifs is 1. The fourth-order valence-electron chi connectivity index (χ4n) is 4.27. The Morgan fingerprint density at radius 1 is 1.09 bits per heavy atom. The normalized spacial score (nSPS) is 15.8. The highest BCUT2D eigenvalue weighted by molar-refractivity contribution is 6.00. The summed E-state index contributed by atoms with van der Waals surface area (Å²) in [5, 5.41) is 17.8. The number of hydrogen-bond acceptors (Lipinski definition) is 4. The molecule has 0 radical (unpaired) electrons. The quantitative estimate of drug-likeness (QED) is 0.475. The maximum Gasteiger partial charge on any atom is 0.273 e. The molecule has 6 nitrogen and oxygen atoms in total. The SMILES string of the molecule is CC(C)OCCCN1C(=O)c2[nH]nc(-c3ccccc3O)c2C1c1ccc(C(C)C)cc1. The lowest BCUT2D eigenvalue weighted by molar-refractivity contribution is 0.0601. The van der Waals surface area contributed by atoms with Crippen molar-refractivity contribution in [3.8, 4) is 17.0 Å². The summed E-state index contributed by atoms with van der Waals surface area (Å²) in [6.45, 7) is 9.52. The first-order chi connectivity index (χ1) is 15.4. The lowest BCUT2D eigenvalue weighted by atomic mass is 9.93. The lowest BCUT2D eigenvalue weighted by Crippen LogP contribution is -2.31. The van der Waals surface area contributed by atoms with Crippen molar-refractivity contribution in [3.05, 3.63) is 70.9 Å². The van der Waals surface area contributed by atoms with Gasteiger partial charge < -0.3 is 14.7 Å². The maximum absolute atomic E-state index is 13.4. The fraction of sp³-hybridized carbons (Fsp3) is 0.385. The summed E-state index contributed by atoms with van der Waals surface area (Å²) in [6, 6.07) is 15.3. The number of phenols is 1. The van der Waals surface area contributed by atoms with Crippen LogP contribution in [0.1, 0.15) is 73.3 Å². The van der Waals surface area contributed by atoms with Crippen molar-refractivity contribution >= 4 is 5.91 Å². The number of rotatable bonds is 8. The van der Waals surface area contributed by atoms with E-state index in [2.05, 4.69) is 48.3 Å². The third-order valence-electron chi connectivity index (χ3n) is 5.94. The van der Waals surface area contributed by atoms with Crippen molar-refractivity contribution in [1.29, 1.82) is 0 Å². The van der Waals surface area contributed by atoms with Crippen molar-refractivity contribution in [2.75, 3.05) is 13.2 Å². The molecule has 0 aliphatic carbocycles. The molecule has 1 aliphatic heterocycles. The van der Waals surface area contributed by atoms with Crippen LogP contribution in [-0.4, -0.2) is 45.4 Å². The van der Waals surface area contributed by atoms with Crippen LogP contribution in [0.3, 0.4) is 0 Å². The molecule has 0 bridgehead atoms. The van der Waals surface area contributed by atoms with Gasteiger partial charge in [-0.05, 0) is 49.4 Å². The highest BCUT2D eigenvalue weighted by Gasteiger charge is 2.42. The van der Waals surface area contributed by atoms with E-state index in [1.807, 2.05) is 30.9 Å². The van der Waals surface area contributed by atoms with Gasteiger partial charge in [0.05, 0.1) is 12.1 Å². The van der Waals surface area contributed by atoms with Gasteiger partial charge >= 0.3 is 0 Å². The van der Waals surface area contributed by atoms with E-state index in [0.29, 0.717) is 36.0 Å². The molecule has 168 valence electrons. The van der Waals surface area contributed by atoms with E-state index in [1.165, 1.54) is 5.56 Å². The van der Waals surface area contributed by atoms with Crippen molar-refractivity contribution in [3.63, 3.8) is 0 Å². The largest absolute Gasteiger partial charge is 0.507 e. The third-order valence-corrected chi connectivity index (χ3v) is 5.94. The Morgan fingerprint density at radius 2 is 1.81 bits per heavy atom. The number of phenolic OH excluding ortho intramolecular Hbond substituents is 1. The second kappa shape index (κ2) is 9.17. The fourth-order valence-corrected chi connectivity index (χ4v) is 4.27. The molecule has 1 aromatic heterocycles. The van der Waals surface area contributed by atoms with Crippen LogP contribution >= 0.6 is 0 Å². The first-order valence-electron chi connectivity index (χ1n) is 11.3.